The van der Waals surface area contributed by atoms with Crippen molar-refractivity contribution in [2.24, 2.45) is 0 Å². The topological polar surface area (TPSA) is 78.6 Å². The van der Waals surface area contributed by atoms with Crippen LogP contribution in [-0.2, 0) is 5.60 Å². The average molecular weight is 378 g/mol. The van der Waals surface area contributed by atoms with Gasteiger partial charge in [0.1, 0.15) is 22.9 Å². The van der Waals surface area contributed by atoms with Crippen molar-refractivity contribution in [1.82, 2.24) is 9.88 Å². The number of aromatic nitrogens is 1. The van der Waals surface area contributed by atoms with Gasteiger partial charge in [0.2, 0.25) is 0 Å². The third-order valence-electron chi connectivity index (χ3n) is 4.60. The normalized spacial score (nSPS) is 17.0. The minimum absolute atomic E-state index is 0.0382. The van der Waals surface area contributed by atoms with Crippen molar-refractivity contribution in [3.05, 3.63) is 46.5 Å². The summed E-state index contributed by atoms with van der Waals surface area (Å²) in [7, 11) is 0. The highest BCUT2D eigenvalue weighted by Gasteiger charge is 2.27. The van der Waals surface area contributed by atoms with E-state index in [1.807, 2.05) is 11.8 Å². The number of piperidine rings is 1. The Labute approximate surface area is 158 Å². The van der Waals surface area contributed by atoms with Gasteiger partial charge in [-0.25, -0.2) is 4.98 Å². The molecule has 0 spiro atoms. The summed E-state index contributed by atoms with van der Waals surface area (Å²) in [6.07, 6.45) is 4.76. The monoisotopic (exact) mass is 377 g/mol. The molecule has 1 unspecified atom stereocenters. The Balaban J connectivity index is 1.67. The van der Waals surface area contributed by atoms with Crippen LogP contribution in [-0.4, -0.2) is 40.5 Å². The number of anilines is 1. The highest BCUT2D eigenvalue weighted by atomic mass is 35.5. The molecule has 2 aromatic heterocycles. The zero-order valence-electron chi connectivity index (χ0n) is 15.1. The van der Waals surface area contributed by atoms with Gasteiger partial charge in [0, 0.05) is 19.3 Å². The molecule has 3 heterocycles. The maximum atomic E-state index is 12.5. The van der Waals surface area contributed by atoms with E-state index in [0.29, 0.717) is 22.2 Å². The van der Waals surface area contributed by atoms with Gasteiger partial charge >= 0.3 is 0 Å². The van der Waals surface area contributed by atoms with Crippen LogP contribution in [0.15, 0.2) is 28.8 Å². The number of carbonyl (C=O) groups excluding carboxylic acids is 1. The molecule has 3 rings (SSSR count). The number of carbonyl (C=O) groups is 1. The third-order valence-corrected chi connectivity index (χ3v) is 4.89. The predicted octanol–water partition coefficient (Wildman–Crippen LogP) is 3.58. The lowest BCUT2D eigenvalue weighted by atomic mass is 10.0. The second kappa shape index (κ2) is 7.68. The molecule has 2 N–H and O–H groups in total. The summed E-state index contributed by atoms with van der Waals surface area (Å²) in [6.45, 7) is 5.21. The number of furan rings is 1. The van der Waals surface area contributed by atoms with Crippen molar-refractivity contribution in [1.29, 1.82) is 0 Å². The van der Waals surface area contributed by atoms with Crippen LogP contribution in [0.3, 0.4) is 0 Å². The second-order valence-electron chi connectivity index (χ2n) is 6.94. The lowest BCUT2D eigenvalue weighted by Crippen LogP contribution is -2.35. The van der Waals surface area contributed by atoms with Crippen molar-refractivity contribution in [3.8, 4) is 0 Å². The molecule has 0 aromatic carbocycles. The van der Waals surface area contributed by atoms with Crippen LogP contribution in [0.1, 0.15) is 48.1 Å². The first-order valence-corrected chi connectivity index (χ1v) is 9.22. The molecule has 0 bridgehead atoms. The summed E-state index contributed by atoms with van der Waals surface area (Å²) >= 11 is 6.29. The number of pyridine rings is 1. The van der Waals surface area contributed by atoms with Gasteiger partial charge in [0.15, 0.2) is 0 Å². The van der Waals surface area contributed by atoms with Gasteiger partial charge in [-0.05, 0) is 51.3 Å². The molecule has 0 saturated carbocycles. The summed E-state index contributed by atoms with van der Waals surface area (Å²) < 4.78 is 5.49. The number of halogens is 1. The van der Waals surface area contributed by atoms with Crippen molar-refractivity contribution in [2.45, 2.75) is 38.7 Å². The number of hydrogen-bond donors (Lipinski definition) is 2. The number of amides is 1. The van der Waals surface area contributed by atoms with E-state index in [4.69, 9.17) is 16.0 Å². The first-order valence-electron chi connectivity index (χ1n) is 8.85. The van der Waals surface area contributed by atoms with Gasteiger partial charge in [0.05, 0.1) is 17.1 Å². The van der Waals surface area contributed by atoms with Crippen LogP contribution < -0.4 is 5.32 Å². The lowest BCUT2D eigenvalue weighted by Gasteiger charge is -2.26. The van der Waals surface area contributed by atoms with E-state index >= 15 is 0 Å². The number of aliphatic hydroxyl groups is 1. The molecule has 2 aromatic rings. The van der Waals surface area contributed by atoms with E-state index in [0.717, 1.165) is 31.7 Å². The van der Waals surface area contributed by atoms with Crippen LogP contribution in [0.5, 0.6) is 0 Å². The molecule has 0 aliphatic carbocycles. The molecule has 1 aliphatic rings. The zero-order chi connectivity index (χ0) is 18.7. The lowest BCUT2D eigenvalue weighted by molar-refractivity contribution is 0.0467. The third kappa shape index (κ3) is 4.19. The number of aryl methyl sites for hydroxylation is 1. The highest BCUT2D eigenvalue weighted by molar-refractivity contribution is 6.33. The van der Waals surface area contributed by atoms with Crippen molar-refractivity contribution in [2.75, 3.05) is 25.0 Å². The molecule has 1 fully saturated rings. The van der Waals surface area contributed by atoms with Crippen LogP contribution >= 0.6 is 11.6 Å². The Morgan fingerprint density at radius 2 is 2.12 bits per heavy atom. The van der Waals surface area contributed by atoms with Gasteiger partial charge in [-0.1, -0.05) is 11.6 Å². The maximum Gasteiger partial charge on any atom is 0.255 e. The molecule has 1 atom stereocenters. The number of nitrogens with one attached hydrogen (secondary N) is 1. The molecule has 1 saturated heterocycles. The van der Waals surface area contributed by atoms with E-state index in [-0.39, 0.29) is 12.5 Å². The van der Waals surface area contributed by atoms with E-state index < -0.39 is 5.60 Å². The van der Waals surface area contributed by atoms with Gasteiger partial charge < -0.3 is 19.7 Å². The standard InChI is InChI=1S/C19H24ClN3O3/c1-13-6-7-16(26-13)19(2,25)12-22-17-15(20)10-14(11-21-17)18(24)23-8-4-3-5-9-23/h6-7,10-11,25H,3-5,8-9,12H2,1-2H3,(H,21,22). The maximum absolute atomic E-state index is 12.5. The summed E-state index contributed by atoms with van der Waals surface area (Å²) in [5.74, 6) is 1.58. The van der Waals surface area contributed by atoms with Crippen LogP contribution in [0, 0.1) is 6.92 Å². The van der Waals surface area contributed by atoms with Gasteiger partial charge in [-0.2, -0.15) is 0 Å². The fourth-order valence-electron chi connectivity index (χ4n) is 3.03. The smallest absolute Gasteiger partial charge is 0.255 e. The molecule has 26 heavy (non-hydrogen) atoms. The van der Waals surface area contributed by atoms with E-state index in [1.165, 1.54) is 12.6 Å². The van der Waals surface area contributed by atoms with Crippen LogP contribution in [0.25, 0.3) is 0 Å². The van der Waals surface area contributed by atoms with Crippen molar-refractivity contribution >= 4 is 23.3 Å². The Morgan fingerprint density at radius 1 is 1.38 bits per heavy atom. The largest absolute Gasteiger partial charge is 0.463 e. The minimum atomic E-state index is -1.21. The molecular weight excluding hydrogens is 354 g/mol. The number of nitrogens with zero attached hydrogens (tertiary/aromatic N) is 2. The fraction of sp³-hybridized carbons (Fsp3) is 0.474. The van der Waals surface area contributed by atoms with Gasteiger partial charge in [-0.15, -0.1) is 0 Å². The molecule has 140 valence electrons. The second-order valence-corrected chi connectivity index (χ2v) is 7.35. The van der Waals surface area contributed by atoms with Crippen LogP contribution in [0.4, 0.5) is 5.82 Å². The molecular formula is C19H24ClN3O3. The number of likely N-dealkylation sites (tertiary alicyclic amines) is 1. The van der Waals surface area contributed by atoms with E-state index in [1.54, 1.807) is 25.1 Å². The van der Waals surface area contributed by atoms with E-state index in [2.05, 4.69) is 10.3 Å². The average Bonchev–Trinajstić information content (AvgIpc) is 3.08. The SMILES string of the molecule is Cc1ccc(C(C)(O)CNc2ncc(C(=O)N3CCCCC3)cc2Cl)o1. The summed E-state index contributed by atoms with van der Waals surface area (Å²) in [5, 5.41) is 14.0. The Kier molecular flexibility index (Phi) is 5.53. The Hall–Kier alpha value is -2.05. The van der Waals surface area contributed by atoms with E-state index in [9.17, 15) is 9.90 Å². The quantitative estimate of drug-likeness (QED) is 0.832. The van der Waals surface area contributed by atoms with Crippen molar-refractivity contribution < 1.29 is 14.3 Å². The zero-order valence-corrected chi connectivity index (χ0v) is 15.8. The predicted molar refractivity (Wildman–Crippen MR) is 101 cm³/mol. The highest BCUT2D eigenvalue weighted by Crippen LogP contribution is 2.26. The molecule has 7 heteroatoms. The van der Waals surface area contributed by atoms with Crippen LogP contribution in [0.2, 0.25) is 5.02 Å². The molecule has 1 amide bonds. The van der Waals surface area contributed by atoms with Crippen molar-refractivity contribution in [3.63, 3.8) is 0 Å². The summed E-state index contributed by atoms with van der Waals surface area (Å²) in [5.41, 5.74) is -0.724. The molecule has 6 nitrogen and oxygen atoms in total. The summed E-state index contributed by atoms with van der Waals surface area (Å²) in [4.78, 5) is 18.6. The Bertz CT molecular complexity index is 782. The van der Waals surface area contributed by atoms with Gasteiger partial charge in [-0.3, -0.25) is 4.79 Å². The summed E-state index contributed by atoms with van der Waals surface area (Å²) in [6, 6.07) is 5.17. The molecule has 0 radical (unpaired) electrons. The Morgan fingerprint density at radius 3 is 2.73 bits per heavy atom. The molecule has 1 aliphatic heterocycles. The minimum Gasteiger partial charge on any atom is -0.463 e. The fourth-order valence-corrected chi connectivity index (χ4v) is 3.26. The number of hydrogen-bond acceptors (Lipinski definition) is 5. The first kappa shape index (κ1) is 18.7. The van der Waals surface area contributed by atoms with Gasteiger partial charge in [0.25, 0.3) is 5.91 Å². The first-order chi connectivity index (χ1) is 12.4. The number of rotatable bonds is 5.